The second-order valence-electron chi connectivity index (χ2n) is 6.33. The molecule has 0 radical (unpaired) electrons. The third-order valence-electron chi connectivity index (χ3n) is 4.06. The Kier molecular flexibility index (Phi) is 3.52. The van der Waals surface area contributed by atoms with Gasteiger partial charge in [0, 0.05) is 25.9 Å². The Bertz CT molecular complexity index is 775. The lowest BCUT2D eigenvalue weighted by molar-refractivity contribution is -0.0615. The van der Waals surface area contributed by atoms with Crippen LogP contribution in [-0.4, -0.2) is 38.9 Å². The summed E-state index contributed by atoms with van der Waals surface area (Å²) < 4.78 is 7.21. The number of rotatable bonds is 2. The number of nitrogens with zero attached hydrogens (tertiary/aromatic N) is 2. The molecule has 1 amide bonds. The summed E-state index contributed by atoms with van der Waals surface area (Å²) >= 11 is 0. The van der Waals surface area contributed by atoms with Crippen LogP contribution in [0.3, 0.4) is 0 Å². The molecule has 7 heteroatoms. The Balaban J connectivity index is 1.83. The maximum atomic E-state index is 12.4. The molecule has 1 atom stereocenters. The van der Waals surface area contributed by atoms with Gasteiger partial charge in [0.05, 0.1) is 17.2 Å². The molecule has 2 aromatic rings. The van der Waals surface area contributed by atoms with E-state index in [0.717, 1.165) is 12.8 Å². The Morgan fingerprint density at radius 1 is 1.55 bits per heavy atom. The fourth-order valence-corrected chi connectivity index (χ4v) is 2.91. The highest BCUT2D eigenvalue weighted by Crippen LogP contribution is 2.24. The predicted octanol–water partition coefficient (Wildman–Crippen LogP) is 0.949. The van der Waals surface area contributed by atoms with Crippen LogP contribution in [-0.2, 0) is 11.8 Å². The van der Waals surface area contributed by atoms with E-state index >= 15 is 0 Å². The number of aryl methyl sites for hydroxylation is 1. The number of H-pyrrole nitrogens is 1. The second-order valence-corrected chi connectivity index (χ2v) is 6.33. The largest absolute Gasteiger partial charge is 0.375 e. The van der Waals surface area contributed by atoms with Crippen molar-refractivity contribution in [3.63, 3.8) is 0 Å². The lowest BCUT2D eigenvalue weighted by Crippen LogP contribution is -2.46. The highest BCUT2D eigenvalue weighted by atomic mass is 16.5. The number of aromatic amines is 1. The molecule has 1 aliphatic rings. The van der Waals surface area contributed by atoms with E-state index in [2.05, 4.69) is 15.4 Å². The Morgan fingerprint density at radius 2 is 2.32 bits per heavy atom. The molecular formula is C15H20N4O3. The zero-order chi connectivity index (χ0) is 15.9. The van der Waals surface area contributed by atoms with Gasteiger partial charge >= 0.3 is 0 Å². The quantitative estimate of drug-likeness (QED) is 0.864. The number of carbonyl (C=O) groups excluding carboxylic acids is 1. The molecule has 0 aliphatic carbocycles. The highest BCUT2D eigenvalue weighted by Gasteiger charge is 2.30. The molecule has 0 bridgehead atoms. The molecule has 7 nitrogen and oxygen atoms in total. The normalized spacial score (nSPS) is 21.0. The number of aromatic nitrogens is 3. The summed E-state index contributed by atoms with van der Waals surface area (Å²) in [5.74, 6) is -0.352. The fourth-order valence-electron chi connectivity index (χ4n) is 2.91. The number of nitrogens with one attached hydrogen (secondary N) is 2. The van der Waals surface area contributed by atoms with Crippen LogP contribution in [0.4, 0.5) is 0 Å². The molecule has 3 rings (SSSR count). The number of hydrogen-bond acceptors (Lipinski definition) is 4. The van der Waals surface area contributed by atoms with Crippen molar-refractivity contribution in [1.29, 1.82) is 0 Å². The molecule has 1 fully saturated rings. The van der Waals surface area contributed by atoms with Crippen LogP contribution in [0.1, 0.15) is 37.0 Å². The van der Waals surface area contributed by atoms with Gasteiger partial charge in [0.1, 0.15) is 11.2 Å². The van der Waals surface area contributed by atoms with Gasteiger partial charge in [-0.2, -0.15) is 5.10 Å². The van der Waals surface area contributed by atoms with Crippen molar-refractivity contribution in [2.45, 2.75) is 38.3 Å². The van der Waals surface area contributed by atoms with Crippen LogP contribution in [0.2, 0.25) is 0 Å². The van der Waals surface area contributed by atoms with E-state index in [9.17, 15) is 9.59 Å². The number of hydrogen-bond donors (Lipinski definition) is 2. The molecule has 0 saturated carbocycles. The first-order valence-electron chi connectivity index (χ1n) is 7.35. The number of amides is 1. The van der Waals surface area contributed by atoms with Crippen molar-refractivity contribution < 1.29 is 9.53 Å². The van der Waals surface area contributed by atoms with Gasteiger partial charge in [0.2, 0.25) is 5.43 Å². The Labute approximate surface area is 127 Å². The van der Waals surface area contributed by atoms with Gasteiger partial charge in [-0.05, 0) is 26.7 Å². The van der Waals surface area contributed by atoms with Crippen molar-refractivity contribution in [1.82, 2.24) is 20.1 Å². The molecular weight excluding hydrogens is 284 g/mol. The molecule has 1 unspecified atom stereocenters. The van der Waals surface area contributed by atoms with Crippen molar-refractivity contribution in [3.05, 3.63) is 28.2 Å². The summed E-state index contributed by atoms with van der Waals surface area (Å²) in [6.45, 7) is 4.61. The minimum absolute atomic E-state index is 0.0141. The maximum absolute atomic E-state index is 12.4. The second kappa shape index (κ2) is 5.24. The van der Waals surface area contributed by atoms with Crippen molar-refractivity contribution in [3.8, 4) is 0 Å². The van der Waals surface area contributed by atoms with Gasteiger partial charge in [-0.3, -0.25) is 14.3 Å². The lowest BCUT2D eigenvalue weighted by atomic mass is 9.94. The van der Waals surface area contributed by atoms with E-state index in [1.165, 1.54) is 12.4 Å². The molecule has 118 valence electrons. The highest BCUT2D eigenvalue weighted by molar-refractivity contribution is 5.96. The summed E-state index contributed by atoms with van der Waals surface area (Å²) in [7, 11) is 1.74. The van der Waals surface area contributed by atoms with E-state index in [1.807, 2.05) is 13.8 Å². The molecule has 2 aromatic heterocycles. The summed E-state index contributed by atoms with van der Waals surface area (Å²) in [5.41, 5.74) is 0.167. The van der Waals surface area contributed by atoms with E-state index in [0.29, 0.717) is 17.6 Å². The van der Waals surface area contributed by atoms with E-state index in [-0.39, 0.29) is 28.5 Å². The maximum Gasteiger partial charge on any atom is 0.256 e. The molecule has 2 N–H and O–H groups in total. The van der Waals surface area contributed by atoms with Gasteiger partial charge in [-0.15, -0.1) is 0 Å². The predicted molar refractivity (Wildman–Crippen MR) is 81.9 cm³/mol. The average molecular weight is 304 g/mol. The molecule has 0 aromatic carbocycles. The van der Waals surface area contributed by atoms with Crippen LogP contribution in [0.5, 0.6) is 0 Å². The van der Waals surface area contributed by atoms with Crippen LogP contribution >= 0.6 is 0 Å². The molecule has 22 heavy (non-hydrogen) atoms. The lowest BCUT2D eigenvalue weighted by Gasteiger charge is -2.35. The summed E-state index contributed by atoms with van der Waals surface area (Å²) in [5, 5.41) is 7.38. The standard InChI is InChI=1S/C15H20N4O3/c1-15(2)6-9(4-5-22-15)18-14(21)11-7-16-13-10(12(11)20)8-17-19(13)3/h7-9H,4-6H2,1-3H3,(H,16,20)(H,18,21). The van der Waals surface area contributed by atoms with E-state index in [4.69, 9.17) is 4.74 Å². The van der Waals surface area contributed by atoms with Gasteiger partial charge in [0.25, 0.3) is 5.91 Å². The summed E-state index contributed by atoms with van der Waals surface area (Å²) in [6.07, 6.45) is 4.41. The Hall–Kier alpha value is -2.15. The summed E-state index contributed by atoms with van der Waals surface area (Å²) in [4.78, 5) is 27.7. The number of ether oxygens (including phenoxy) is 1. The SMILES string of the molecule is Cn1ncc2c(=O)c(C(=O)NC3CCOC(C)(C)C3)c[nH]c21. The van der Waals surface area contributed by atoms with Gasteiger partial charge in [0.15, 0.2) is 0 Å². The van der Waals surface area contributed by atoms with Crippen molar-refractivity contribution >= 4 is 16.9 Å². The fraction of sp³-hybridized carbons (Fsp3) is 0.533. The van der Waals surface area contributed by atoms with E-state index < -0.39 is 0 Å². The first-order valence-corrected chi connectivity index (χ1v) is 7.35. The van der Waals surface area contributed by atoms with Crippen LogP contribution in [0.25, 0.3) is 11.0 Å². The zero-order valence-electron chi connectivity index (χ0n) is 13.0. The first-order chi connectivity index (χ1) is 10.4. The van der Waals surface area contributed by atoms with E-state index in [1.54, 1.807) is 11.7 Å². The van der Waals surface area contributed by atoms with Crippen LogP contribution < -0.4 is 10.7 Å². The molecule has 0 spiro atoms. The minimum atomic E-state index is -0.352. The van der Waals surface area contributed by atoms with Gasteiger partial charge in [-0.1, -0.05) is 0 Å². The summed E-state index contributed by atoms with van der Waals surface area (Å²) in [6, 6.07) is 0.0141. The van der Waals surface area contributed by atoms with Crippen molar-refractivity contribution in [2.24, 2.45) is 7.05 Å². The van der Waals surface area contributed by atoms with Crippen LogP contribution in [0, 0.1) is 0 Å². The van der Waals surface area contributed by atoms with Crippen molar-refractivity contribution in [2.75, 3.05) is 6.61 Å². The molecule has 1 saturated heterocycles. The van der Waals surface area contributed by atoms with Gasteiger partial charge < -0.3 is 15.0 Å². The van der Waals surface area contributed by atoms with Crippen LogP contribution in [0.15, 0.2) is 17.2 Å². The third-order valence-corrected chi connectivity index (χ3v) is 4.06. The number of pyridine rings is 1. The minimum Gasteiger partial charge on any atom is -0.375 e. The number of carbonyl (C=O) groups is 1. The number of fused-ring (bicyclic) bond motifs is 1. The Morgan fingerprint density at radius 3 is 3.05 bits per heavy atom. The molecule has 3 heterocycles. The zero-order valence-corrected chi connectivity index (χ0v) is 13.0. The smallest absolute Gasteiger partial charge is 0.256 e. The van der Waals surface area contributed by atoms with Gasteiger partial charge in [-0.25, -0.2) is 0 Å². The first kappa shape index (κ1) is 14.8. The molecule has 1 aliphatic heterocycles. The topological polar surface area (TPSA) is 89.0 Å². The average Bonchev–Trinajstić information content (AvgIpc) is 2.80. The monoisotopic (exact) mass is 304 g/mol. The third kappa shape index (κ3) is 2.64.